The quantitative estimate of drug-likeness (QED) is 0.655. The van der Waals surface area contributed by atoms with Gasteiger partial charge in [0.1, 0.15) is 5.75 Å². The summed E-state index contributed by atoms with van der Waals surface area (Å²) in [6.45, 7) is -0.462. The number of carbonyl (C=O) groups is 1. The van der Waals surface area contributed by atoms with Gasteiger partial charge in [-0.05, 0) is 18.2 Å². The number of amides is 1. The number of nitrogens with zero attached hydrogens (tertiary/aromatic N) is 3. The number of halogens is 3. The number of nitrogens with one attached hydrogen (secondary N) is 1. The Morgan fingerprint density at radius 1 is 1.21 bits per heavy atom. The van der Waals surface area contributed by atoms with E-state index in [1.54, 1.807) is 0 Å². The van der Waals surface area contributed by atoms with Crippen LogP contribution < -0.4 is 15.7 Å². The first-order valence-corrected chi connectivity index (χ1v) is 8.10. The van der Waals surface area contributed by atoms with Gasteiger partial charge in [-0.1, -0.05) is 18.2 Å². The fourth-order valence-corrected chi connectivity index (χ4v) is 2.54. The molecule has 3 aromatic rings. The maximum Gasteiger partial charge on any atom is 0.573 e. The molecule has 1 aromatic carbocycles. The highest BCUT2D eigenvalue weighted by Crippen LogP contribution is 2.26. The molecule has 0 fully saturated rings. The van der Waals surface area contributed by atoms with E-state index in [1.807, 2.05) is 0 Å². The number of ether oxygens (including phenoxy) is 1. The van der Waals surface area contributed by atoms with Gasteiger partial charge in [-0.15, -0.1) is 18.3 Å². The summed E-state index contributed by atoms with van der Waals surface area (Å²) >= 11 is 0. The number of hydrogen-bond donors (Lipinski definition) is 2. The maximum atomic E-state index is 12.5. The molecule has 0 radical (unpaired) electrons. The maximum absolute atomic E-state index is 12.5. The monoisotopic (exact) mass is 396 g/mol. The zero-order chi connectivity index (χ0) is 20.3. The van der Waals surface area contributed by atoms with Crippen LogP contribution in [0.4, 0.5) is 13.2 Å². The largest absolute Gasteiger partial charge is 0.573 e. The van der Waals surface area contributed by atoms with Crippen LogP contribution in [0, 0.1) is 0 Å². The molecule has 0 aliphatic rings. The normalized spacial score (nSPS) is 11.6. The molecule has 0 saturated carbocycles. The Hall–Kier alpha value is -3.34. The first-order chi connectivity index (χ1) is 13.3. The van der Waals surface area contributed by atoms with Gasteiger partial charge < -0.3 is 15.2 Å². The van der Waals surface area contributed by atoms with Crippen molar-refractivity contribution in [3.63, 3.8) is 0 Å². The highest BCUT2D eigenvalue weighted by molar-refractivity contribution is 5.94. The average molecular weight is 396 g/mol. The summed E-state index contributed by atoms with van der Waals surface area (Å²) in [5.74, 6) is -1.00. The third-order valence-corrected chi connectivity index (χ3v) is 3.79. The number of carbonyl (C=O) groups excluding carboxylic acids is 1. The summed E-state index contributed by atoms with van der Waals surface area (Å²) in [5, 5.41) is 15.4. The Morgan fingerprint density at radius 3 is 2.68 bits per heavy atom. The van der Waals surface area contributed by atoms with E-state index in [4.69, 9.17) is 5.11 Å². The van der Waals surface area contributed by atoms with Gasteiger partial charge in [0.25, 0.3) is 5.91 Å². The number of fused-ring (bicyclic) bond motifs is 1. The van der Waals surface area contributed by atoms with Crippen molar-refractivity contribution >= 4 is 11.6 Å². The number of pyridine rings is 1. The van der Waals surface area contributed by atoms with E-state index in [0.717, 1.165) is 15.1 Å². The van der Waals surface area contributed by atoms with Gasteiger partial charge in [0.2, 0.25) is 0 Å². The minimum absolute atomic E-state index is 0.0119. The molecule has 0 bridgehead atoms. The van der Waals surface area contributed by atoms with Crippen molar-refractivity contribution in [3.8, 4) is 5.75 Å². The van der Waals surface area contributed by atoms with Crippen LogP contribution in [0.25, 0.3) is 5.65 Å². The predicted molar refractivity (Wildman–Crippen MR) is 90.8 cm³/mol. The molecule has 0 spiro atoms. The SMILES string of the molecule is O=C(NCc1ccccc1OC(F)(F)F)c1ccc2nn(CCO)c(=O)n2c1. The topological polar surface area (TPSA) is 97.9 Å². The Kier molecular flexibility index (Phi) is 5.36. The van der Waals surface area contributed by atoms with Crippen molar-refractivity contribution in [2.45, 2.75) is 19.5 Å². The molecule has 28 heavy (non-hydrogen) atoms. The molecular formula is C17H15F3N4O4. The van der Waals surface area contributed by atoms with Crippen molar-refractivity contribution in [3.05, 3.63) is 64.2 Å². The number of hydrogen-bond acceptors (Lipinski definition) is 5. The van der Waals surface area contributed by atoms with E-state index in [9.17, 15) is 22.8 Å². The van der Waals surface area contributed by atoms with E-state index >= 15 is 0 Å². The molecule has 8 nitrogen and oxygen atoms in total. The minimum atomic E-state index is -4.85. The second-order valence-electron chi connectivity index (χ2n) is 5.71. The number of para-hydroxylation sites is 1. The number of benzene rings is 1. The lowest BCUT2D eigenvalue weighted by molar-refractivity contribution is -0.274. The van der Waals surface area contributed by atoms with Gasteiger partial charge in [0, 0.05) is 18.3 Å². The summed E-state index contributed by atoms with van der Waals surface area (Å²) in [6.07, 6.45) is -3.58. The van der Waals surface area contributed by atoms with E-state index in [1.165, 1.54) is 36.5 Å². The smallest absolute Gasteiger partial charge is 0.405 e. The van der Waals surface area contributed by atoms with Crippen molar-refractivity contribution in [2.24, 2.45) is 0 Å². The zero-order valence-corrected chi connectivity index (χ0v) is 14.3. The van der Waals surface area contributed by atoms with Crippen molar-refractivity contribution in [2.75, 3.05) is 6.61 Å². The van der Waals surface area contributed by atoms with Gasteiger partial charge in [-0.25, -0.2) is 13.9 Å². The summed E-state index contributed by atoms with van der Waals surface area (Å²) in [7, 11) is 0. The summed E-state index contributed by atoms with van der Waals surface area (Å²) in [5.41, 5.74) is 0.0242. The molecule has 148 valence electrons. The molecular weight excluding hydrogens is 381 g/mol. The van der Waals surface area contributed by atoms with E-state index < -0.39 is 23.7 Å². The summed E-state index contributed by atoms with van der Waals surface area (Å²) < 4.78 is 43.5. The van der Waals surface area contributed by atoms with Gasteiger partial charge in [-0.2, -0.15) is 0 Å². The lowest BCUT2D eigenvalue weighted by Crippen LogP contribution is -2.26. The van der Waals surface area contributed by atoms with Crippen molar-refractivity contribution in [1.29, 1.82) is 0 Å². The molecule has 2 aromatic heterocycles. The molecule has 0 aliphatic heterocycles. The lowest BCUT2D eigenvalue weighted by Gasteiger charge is -2.13. The predicted octanol–water partition coefficient (Wildman–Crippen LogP) is 1.32. The van der Waals surface area contributed by atoms with E-state index in [2.05, 4.69) is 15.2 Å². The van der Waals surface area contributed by atoms with Gasteiger partial charge >= 0.3 is 12.1 Å². The van der Waals surface area contributed by atoms with E-state index in [0.29, 0.717) is 5.65 Å². The highest BCUT2D eigenvalue weighted by atomic mass is 19.4. The van der Waals surface area contributed by atoms with Crippen LogP contribution in [0.2, 0.25) is 0 Å². The molecule has 0 unspecified atom stereocenters. The van der Waals surface area contributed by atoms with E-state index in [-0.39, 0.29) is 30.8 Å². The van der Waals surface area contributed by atoms with Crippen LogP contribution in [0.1, 0.15) is 15.9 Å². The molecule has 1 amide bonds. The molecule has 2 heterocycles. The zero-order valence-electron chi connectivity index (χ0n) is 14.3. The number of rotatable bonds is 6. The van der Waals surface area contributed by atoms with Gasteiger partial charge in [-0.3, -0.25) is 4.79 Å². The fraction of sp³-hybridized carbons (Fsp3) is 0.235. The van der Waals surface area contributed by atoms with Crippen LogP contribution in [0.15, 0.2) is 47.4 Å². The third kappa shape index (κ3) is 4.31. The van der Waals surface area contributed by atoms with Crippen LogP contribution in [0.3, 0.4) is 0 Å². The number of aliphatic hydroxyl groups excluding tert-OH is 1. The van der Waals surface area contributed by atoms with Crippen molar-refractivity contribution < 1.29 is 27.8 Å². The second kappa shape index (κ2) is 7.72. The van der Waals surface area contributed by atoms with Gasteiger partial charge in [0.05, 0.1) is 18.7 Å². The molecule has 11 heteroatoms. The Labute approximate surface area is 155 Å². The fourth-order valence-electron chi connectivity index (χ4n) is 2.54. The van der Waals surface area contributed by atoms with Crippen LogP contribution >= 0.6 is 0 Å². The molecule has 0 atom stereocenters. The average Bonchev–Trinajstić information content (AvgIpc) is 2.95. The first-order valence-electron chi connectivity index (χ1n) is 8.10. The summed E-state index contributed by atoms with van der Waals surface area (Å²) in [4.78, 5) is 24.5. The van der Waals surface area contributed by atoms with Crippen LogP contribution in [-0.4, -0.2) is 38.2 Å². The second-order valence-corrected chi connectivity index (χ2v) is 5.71. The van der Waals surface area contributed by atoms with Crippen LogP contribution in [0.5, 0.6) is 5.75 Å². The Balaban J connectivity index is 1.77. The van der Waals surface area contributed by atoms with Crippen molar-refractivity contribution in [1.82, 2.24) is 19.5 Å². The Bertz CT molecular complexity index is 1060. The van der Waals surface area contributed by atoms with Crippen LogP contribution in [-0.2, 0) is 13.1 Å². The number of aromatic nitrogens is 3. The Morgan fingerprint density at radius 2 is 1.96 bits per heavy atom. The minimum Gasteiger partial charge on any atom is -0.405 e. The molecule has 0 saturated heterocycles. The summed E-state index contributed by atoms with van der Waals surface area (Å²) in [6, 6.07) is 8.33. The molecule has 0 aliphatic carbocycles. The molecule has 3 rings (SSSR count). The lowest BCUT2D eigenvalue weighted by atomic mass is 10.2. The first kappa shape index (κ1) is 19.4. The third-order valence-electron chi connectivity index (χ3n) is 3.79. The number of aliphatic hydroxyl groups is 1. The standard InChI is InChI=1S/C17H15F3N4O4/c18-17(19,20)28-13-4-2-1-3-11(13)9-21-15(26)12-5-6-14-22-24(7-8-25)16(27)23(14)10-12/h1-6,10,25H,7-9H2,(H,21,26). The van der Waals surface area contributed by atoms with Gasteiger partial charge in [0.15, 0.2) is 5.65 Å². The highest BCUT2D eigenvalue weighted by Gasteiger charge is 2.32. The number of alkyl halides is 3. The molecule has 2 N–H and O–H groups in total.